The molecule has 0 amide bonds. The molecule has 0 N–H and O–H groups in total. The summed E-state index contributed by atoms with van der Waals surface area (Å²) in [5, 5.41) is 0.824. The number of nitrogens with zero attached hydrogens (tertiary/aromatic N) is 2. The van der Waals surface area contributed by atoms with Crippen LogP contribution in [-0.2, 0) is 0 Å². The van der Waals surface area contributed by atoms with Crippen molar-refractivity contribution in [2.24, 2.45) is 0 Å². The highest BCUT2D eigenvalue weighted by molar-refractivity contribution is 5.85. The first-order valence-electron chi connectivity index (χ1n) is 4.70. The van der Waals surface area contributed by atoms with Crippen LogP contribution < -0.4 is 4.74 Å². The van der Waals surface area contributed by atoms with Crippen LogP contribution in [0.5, 0.6) is 5.88 Å². The SMILES string of the molecule is CCOc1nc(C=O)nc2ccccc12. The molecular formula is C11H10N2O2. The van der Waals surface area contributed by atoms with Gasteiger partial charge >= 0.3 is 0 Å². The van der Waals surface area contributed by atoms with Gasteiger partial charge in [0.15, 0.2) is 12.1 Å². The lowest BCUT2D eigenvalue weighted by Gasteiger charge is -2.05. The van der Waals surface area contributed by atoms with Gasteiger partial charge < -0.3 is 4.74 Å². The molecular weight excluding hydrogens is 192 g/mol. The zero-order chi connectivity index (χ0) is 10.7. The number of hydrogen-bond donors (Lipinski definition) is 0. The number of rotatable bonds is 3. The topological polar surface area (TPSA) is 52.1 Å². The summed E-state index contributed by atoms with van der Waals surface area (Å²) in [7, 11) is 0. The maximum Gasteiger partial charge on any atom is 0.225 e. The quantitative estimate of drug-likeness (QED) is 0.712. The van der Waals surface area contributed by atoms with Gasteiger partial charge in [0.1, 0.15) is 0 Å². The molecule has 0 saturated carbocycles. The fourth-order valence-electron chi connectivity index (χ4n) is 1.36. The molecule has 1 heterocycles. The van der Waals surface area contributed by atoms with E-state index in [1.54, 1.807) is 0 Å². The van der Waals surface area contributed by atoms with E-state index in [0.29, 0.717) is 18.8 Å². The van der Waals surface area contributed by atoms with Gasteiger partial charge in [0.25, 0.3) is 0 Å². The van der Waals surface area contributed by atoms with Crippen molar-refractivity contribution in [1.82, 2.24) is 9.97 Å². The third-order valence-electron chi connectivity index (χ3n) is 1.97. The fourth-order valence-corrected chi connectivity index (χ4v) is 1.36. The number of hydrogen-bond acceptors (Lipinski definition) is 4. The van der Waals surface area contributed by atoms with Crippen molar-refractivity contribution < 1.29 is 9.53 Å². The third kappa shape index (κ3) is 1.79. The Morgan fingerprint density at radius 2 is 2.13 bits per heavy atom. The minimum absolute atomic E-state index is 0.150. The summed E-state index contributed by atoms with van der Waals surface area (Å²) >= 11 is 0. The van der Waals surface area contributed by atoms with Crippen molar-refractivity contribution >= 4 is 17.2 Å². The van der Waals surface area contributed by atoms with Gasteiger partial charge in [-0.1, -0.05) is 12.1 Å². The monoisotopic (exact) mass is 202 g/mol. The largest absolute Gasteiger partial charge is 0.477 e. The molecule has 76 valence electrons. The van der Waals surface area contributed by atoms with Gasteiger partial charge in [-0.05, 0) is 19.1 Å². The zero-order valence-corrected chi connectivity index (χ0v) is 8.30. The number of benzene rings is 1. The Morgan fingerprint density at radius 3 is 2.87 bits per heavy atom. The number of fused-ring (bicyclic) bond motifs is 1. The van der Waals surface area contributed by atoms with Crippen LogP contribution in [0.1, 0.15) is 17.5 Å². The van der Waals surface area contributed by atoms with Crippen LogP contribution in [-0.4, -0.2) is 22.9 Å². The first kappa shape index (κ1) is 9.58. The van der Waals surface area contributed by atoms with Crippen LogP contribution in [0.15, 0.2) is 24.3 Å². The van der Waals surface area contributed by atoms with Gasteiger partial charge in [-0.25, -0.2) is 4.98 Å². The Hall–Kier alpha value is -1.97. The molecule has 0 unspecified atom stereocenters. The van der Waals surface area contributed by atoms with E-state index in [1.165, 1.54) is 0 Å². The predicted molar refractivity (Wildman–Crippen MR) is 56.1 cm³/mol. The van der Waals surface area contributed by atoms with Crippen LogP contribution in [0.25, 0.3) is 10.9 Å². The Bertz CT molecular complexity index is 497. The van der Waals surface area contributed by atoms with Crippen molar-refractivity contribution in [1.29, 1.82) is 0 Å². The van der Waals surface area contributed by atoms with Crippen LogP contribution in [0.4, 0.5) is 0 Å². The van der Waals surface area contributed by atoms with Gasteiger partial charge in [-0.2, -0.15) is 4.98 Å². The minimum Gasteiger partial charge on any atom is -0.477 e. The van der Waals surface area contributed by atoms with Crippen molar-refractivity contribution in [2.45, 2.75) is 6.92 Å². The van der Waals surface area contributed by atoms with Gasteiger partial charge in [0.2, 0.25) is 5.88 Å². The Kier molecular flexibility index (Phi) is 2.58. The Morgan fingerprint density at radius 1 is 1.33 bits per heavy atom. The fraction of sp³-hybridized carbons (Fsp3) is 0.182. The summed E-state index contributed by atoms with van der Waals surface area (Å²) in [5.74, 6) is 0.613. The van der Waals surface area contributed by atoms with Crippen LogP contribution in [0.2, 0.25) is 0 Å². The summed E-state index contributed by atoms with van der Waals surface area (Å²) in [4.78, 5) is 18.7. The molecule has 15 heavy (non-hydrogen) atoms. The first-order chi connectivity index (χ1) is 7.35. The minimum atomic E-state index is 0.150. The Balaban J connectivity index is 2.68. The number of carbonyl (C=O) groups is 1. The Labute approximate surface area is 86.9 Å². The lowest BCUT2D eigenvalue weighted by molar-refractivity contribution is 0.111. The number of ether oxygens (including phenoxy) is 1. The molecule has 0 spiro atoms. The second-order valence-corrected chi connectivity index (χ2v) is 2.95. The maximum absolute atomic E-state index is 10.6. The van der Waals surface area contributed by atoms with E-state index >= 15 is 0 Å². The molecule has 4 heteroatoms. The molecule has 1 aromatic carbocycles. The third-order valence-corrected chi connectivity index (χ3v) is 1.97. The van der Waals surface area contributed by atoms with E-state index in [9.17, 15) is 4.79 Å². The molecule has 0 fully saturated rings. The molecule has 0 aliphatic rings. The standard InChI is InChI=1S/C11H10N2O2/c1-2-15-11-8-5-3-4-6-9(8)12-10(7-14)13-11/h3-7H,2H2,1H3. The van der Waals surface area contributed by atoms with E-state index in [1.807, 2.05) is 31.2 Å². The summed E-state index contributed by atoms with van der Waals surface area (Å²) in [6.45, 7) is 2.39. The van der Waals surface area contributed by atoms with Crippen molar-refractivity contribution in [3.05, 3.63) is 30.1 Å². The molecule has 1 aromatic heterocycles. The van der Waals surface area contributed by atoms with Crippen LogP contribution >= 0.6 is 0 Å². The average molecular weight is 202 g/mol. The second kappa shape index (κ2) is 4.04. The number of para-hydroxylation sites is 1. The highest BCUT2D eigenvalue weighted by Crippen LogP contribution is 2.21. The van der Waals surface area contributed by atoms with Gasteiger partial charge in [-0.3, -0.25) is 4.79 Å². The average Bonchev–Trinajstić information content (AvgIpc) is 2.29. The van der Waals surface area contributed by atoms with E-state index < -0.39 is 0 Å². The summed E-state index contributed by atoms with van der Waals surface area (Å²) < 4.78 is 5.35. The lowest BCUT2D eigenvalue weighted by atomic mass is 10.2. The van der Waals surface area contributed by atoms with Gasteiger partial charge in [0.05, 0.1) is 17.5 Å². The number of carbonyl (C=O) groups excluding carboxylic acids is 1. The molecule has 2 rings (SSSR count). The summed E-state index contributed by atoms with van der Waals surface area (Å²) in [5.41, 5.74) is 0.720. The van der Waals surface area contributed by atoms with Crippen LogP contribution in [0, 0.1) is 0 Å². The predicted octanol–water partition coefficient (Wildman–Crippen LogP) is 1.84. The number of aromatic nitrogens is 2. The highest BCUT2D eigenvalue weighted by Gasteiger charge is 2.06. The van der Waals surface area contributed by atoms with Crippen molar-refractivity contribution in [2.75, 3.05) is 6.61 Å². The van der Waals surface area contributed by atoms with Gasteiger partial charge in [0, 0.05) is 0 Å². The van der Waals surface area contributed by atoms with Crippen LogP contribution in [0.3, 0.4) is 0 Å². The molecule has 0 aliphatic heterocycles. The number of aldehydes is 1. The molecule has 4 nitrogen and oxygen atoms in total. The molecule has 0 bridgehead atoms. The maximum atomic E-state index is 10.6. The smallest absolute Gasteiger partial charge is 0.225 e. The zero-order valence-electron chi connectivity index (χ0n) is 8.30. The van der Waals surface area contributed by atoms with E-state index in [4.69, 9.17) is 4.74 Å². The molecule has 0 saturated heterocycles. The van der Waals surface area contributed by atoms with Gasteiger partial charge in [-0.15, -0.1) is 0 Å². The second-order valence-electron chi connectivity index (χ2n) is 2.95. The lowest BCUT2D eigenvalue weighted by Crippen LogP contribution is -2.00. The highest BCUT2D eigenvalue weighted by atomic mass is 16.5. The molecule has 2 aromatic rings. The van der Waals surface area contributed by atoms with E-state index in [-0.39, 0.29) is 5.82 Å². The van der Waals surface area contributed by atoms with Crippen molar-refractivity contribution in [3.63, 3.8) is 0 Å². The normalized spacial score (nSPS) is 10.2. The summed E-state index contributed by atoms with van der Waals surface area (Å²) in [6, 6.07) is 7.44. The molecule has 0 radical (unpaired) electrons. The van der Waals surface area contributed by atoms with E-state index in [0.717, 1.165) is 10.9 Å². The molecule has 0 atom stereocenters. The molecule has 0 aliphatic carbocycles. The van der Waals surface area contributed by atoms with Crippen molar-refractivity contribution in [3.8, 4) is 5.88 Å². The van der Waals surface area contributed by atoms with E-state index in [2.05, 4.69) is 9.97 Å². The summed E-state index contributed by atoms with van der Waals surface area (Å²) in [6.07, 6.45) is 0.620. The first-order valence-corrected chi connectivity index (χ1v) is 4.70.